The predicted octanol–water partition coefficient (Wildman–Crippen LogP) is 17.1. The zero-order chi connectivity index (χ0) is 47.4. The highest BCUT2D eigenvalue weighted by atomic mass is 31.2. The van der Waals surface area contributed by atoms with Crippen LogP contribution in [0.4, 0.5) is 0 Å². The zero-order valence-corrected chi connectivity index (χ0v) is 43.6. The Morgan fingerprint density at radius 1 is 0.462 bits per heavy atom. The number of phosphoric acid groups is 1. The maximum absolute atomic E-state index is 12.7. The summed E-state index contributed by atoms with van der Waals surface area (Å²) in [5.74, 6) is -0.814. The van der Waals surface area contributed by atoms with E-state index < -0.39 is 26.5 Å². The van der Waals surface area contributed by atoms with Crippen molar-refractivity contribution in [3.63, 3.8) is 0 Å². The second kappa shape index (κ2) is 51.9. The van der Waals surface area contributed by atoms with Gasteiger partial charge in [0.25, 0.3) is 0 Å². The van der Waals surface area contributed by atoms with Gasteiger partial charge >= 0.3 is 19.8 Å². The Kier molecular flexibility index (Phi) is 50.7. The van der Waals surface area contributed by atoms with Gasteiger partial charge in [-0.1, -0.05) is 250 Å². The highest BCUT2D eigenvalue weighted by Crippen LogP contribution is 2.43. The Bertz CT molecular complexity index is 1120. The van der Waals surface area contributed by atoms with E-state index in [-0.39, 0.29) is 38.6 Å². The van der Waals surface area contributed by atoms with Gasteiger partial charge in [0.05, 0.1) is 13.2 Å². The molecule has 0 aromatic carbocycles. The molecule has 0 rings (SSSR count). The average Bonchev–Trinajstić information content (AvgIpc) is 3.30. The number of nitrogens with two attached hydrogens (primary N) is 1. The van der Waals surface area contributed by atoms with Gasteiger partial charge in [-0.2, -0.15) is 0 Å². The van der Waals surface area contributed by atoms with Gasteiger partial charge in [0.15, 0.2) is 6.10 Å². The van der Waals surface area contributed by atoms with Crippen molar-refractivity contribution in [1.29, 1.82) is 0 Å². The number of carbonyl (C=O) groups excluding carboxylic acids is 2. The molecule has 0 aliphatic rings. The third-order valence-corrected chi connectivity index (χ3v) is 13.3. The lowest BCUT2D eigenvalue weighted by atomic mass is 10.0. The largest absolute Gasteiger partial charge is 0.472 e. The molecule has 0 aliphatic heterocycles. The molecule has 0 saturated carbocycles. The molecule has 0 amide bonds. The minimum atomic E-state index is -4.38. The second-order valence-electron chi connectivity index (χ2n) is 18.8. The number of phosphoric ester groups is 1. The second-order valence-corrected chi connectivity index (χ2v) is 20.3. The number of hydrogen-bond acceptors (Lipinski definition) is 8. The van der Waals surface area contributed by atoms with E-state index in [9.17, 15) is 19.0 Å². The van der Waals surface area contributed by atoms with E-state index in [1.54, 1.807) is 0 Å². The van der Waals surface area contributed by atoms with Gasteiger partial charge in [-0.3, -0.25) is 18.6 Å². The van der Waals surface area contributed by atoms with Crippen LogP contribution in [0.5, 0.6) is 0 Å². The topological polar surface area (TPSA) is 134 Å². The molecule has 2 atom stereocenters. The Labute approximate surface area is 402 Å². The Hall–Kier alpha value is -1.51. The maximum atomic E-state index is 12.7. The summed E-state index contributed by atoms with van der Waals surface area (Å²) < 4.78 is 33.0. The van der Waals surface area contributed by atoms with Gasteiger partial charge < -0.3 is 20.1 Å². The molecule has 0 radical (unpaired) electrons. The summed E-state index contributed by atoms with van der Waals surface area (Å²) in [5, 5.41) is 0. The van der Waals surface area contributed by atoms with E-state index in [4.69, 9.17) is 24.3 Å². The van der Waals surface area contributed by atoms with Crippen LogP contribution in [-0.4, -0.2) is 49.3 Å². The lowest BCUT2D eigenvalue weighted by molar-refractivity contribution is -0.161. The molecule has 0 spiro atoms. The molecule has 0 aliphatic carbocycles. The number of esters is 2. The standard InChI is InChI=1S/C55H106NO8P/c1-3-5-7-9-11-13-15-17-19-21-23-25-26-28-30-32-34-36-38-40-42-44-46-48-55(58)64-53(52-63-65(59,60)62-50-49-56)51-61-54(57)47-45-43-41-39-37-35-33-31-29-27-24-22-20-18-16-14-12-10-8-6-4-2/h15,17,21,23,53H,3-14,16,18-20,22,24-52,56H2,1-2H3,(H,59,60)/b17-15-,23-21-. The monoisotopic (exact) mass is 940 g/mol. The van der Waals surface area contributed by atoms with Crippen LogP contribution in [0, 0.1) is 0 Å². The number of rotatable bonds is 53. The number of hydrogen-bond donors (Lipinski definition) is 2. The molecular weight excluding hydrogens is 834 g/mol. The van der Waals surface area contributed by atoms with Crippen molar-refractivity contribution >= 4 is 19.8 Å². The van der Waals surface area contributed by atoms with Crippen molar-refractivity contribution in [3.8, 4) is 0 Å². The normalized spacial score (nSPS) is 13.2. The lowest BCUT2D eigenvalue weighted by Gasteiger charge is -2.19. The van der Waals surface area contributed by atoms with Crippen LogP contribution < -0.4 is 5.73 Å². The van der Waals surface area contributed by atoms with E-state index in [1.807, 2.05) is 0 Å². The Morgan fingerprint density at radius 3 is 1.17 bits per heavy atom. The van der Waals surface area contributed by atoms with Gasteiger partial charge in [-0.15, -0.1) is 0 Å². The predicted molar refractivity (Wildman–Crippen MR) is 275 cm³/mol. The molecule has 0 saturated heterocycles. The smallest absolute Gasteiger partial charge is 0.462 e. The van der Waals surface area contributed by atoms with Crippen LogP contribution in [0.3, 0.4) is 0 Å². The van der Waals surface area contributed by atoms with Gasteiger partial charge in [0, 0.05) is 19.4 Å². The van der Waals surface area contributed by atoms with Crippen LogP contribution in [0.2, 0.25) is 0 Å². The van der Waals surface area contributed by atoms with E-state index in [1.165, 1.54) is 205 Å². The fourth-order valence-corrected chi connectivity index (χ4v) is 8.96. The molecule has 0 bridgehead atoms. The van der Waals surface area contributed by atoms with Gasteiger partial charge in [-0.25, -0.2) is 4.57 Å². The molecule has 9 nitrogen and oxygen atoms in total. The van der Waals surface area contributed by atoms with E-state index in [2.05, 4.69) is 38.2 Å². The van der Waals surface area contributed by atoms with Crippen LogP contribution in [-0.2, 0) is 32.7 Å². The van der Waals surface area contributed by atoms with Crippen molar-refractivity contribution in [1.82, 2.24) is 0 Å². The lowest BCUT2D eigenvalue weighted by Crippen LogP contribution is -2.29. The number of ether oxygens (including phenoxy) is 2. The molecule has 384 valence electrons. The summed E-state index contributed by atoms with van der Waals surface area (Å²) in [4.78, 5) is 35.1. The number of allylic oxidation sites excluding steroid dienone is 4. The SMILES string of the molecule is CCCCCCC/C=C\C/C=C\CCCCCCCCCCCCCC(=O)OC(COC(=O)CCCCCCCCCCCCCCCCCCCCCCC)COP(=O)(O)OCCN. The highest BCUT2D eigenvalue weighted by Gasteiger charge is 2.26. The Balaban J connectivity index is 3.97. The van der Waals surface area contributed by atoms with Crippen molar-refractivity contribution in [2.24, 2.45) is 5.73 Å². The summed E-state index contributed by atoms with van der Waals surface area (Å²) in [6.45, 7) is 3.78. The molecule has 10 heteroatoms. The molecule has 65 heavy (non-hydrogen) atoms. The quantitative estimate of drug-likeness (QED) is 0.0264. The van der Waals surface area contributed by atoms with E-state index >= 15 is 0 Å². The molecule has 0 heterocycles. The number of unbranched alkanes of at least 4 members (excludes halogenated alkanes) is 36. The molecule has 3 N–H and O–H groups in total. The molecule has 0 fully saturated rings. The van der Waals surface area contributed by atoms with Crippen LogP contribution >= 0.6 is 7.82 Å². The molecule has 0 aromatic rings. The summed E-state index contributed by atoms with van der Waals surface area (Å²) in [5.41, 5.74) is 5.38. The minimum absolute atomic E-state index is 0.0553. The van der Waals surface area contributed by atoms with Crippen molar-refractivity contribution in [3.05, 3.63) is 24.3 Å². The minimum Gasteiger partial charge on any atom is -0.462 e. The molecule has 2 unspecified atom stereocenters. The van der Waals surface area contributed by atoms with Gasteiger partial charge in [0.2, 0.25) is 0 Å². The zero-order valence-electron chi connectivity index (χ0n) is 42.7. The fraction of sp³-hybridized carbons (Fsp3) is 0.891. The van der Waals surface area contributed by atoms with Crippen molar-refractivity contribution < 1.29 is 37.6 Å². The first-order valence-corrected chi connectivity index (χ1v) is 29.3. The van der Waals surface area contributed by atoms with Crippen molar-refractivity contribution in [2.45, 2.75) is 290 Å². The van der Waals surface area contributed by atoms with Crippen LogP contribution in [0.1, 0.15) is 284 Å². The maximum Gasteiger partial charge on any atom is 0.472 e. The summed E-state index contributed by atoms with van der Waals surface area (Å²) >= 11 is 0. The first-order valence-electron chi connectivity index (χ1n) is 27.8. The molecule has 0 aromatic heterocycles. The van der Waals surface area contributed by atoms with Crippen LogP contribution in [0.15, 0.2) is 24.3 Å². The first kappa shape index (κ1) is 63.5. The van der Waals surface area contributed by atoms with Gasteiger partial charge in [0.1, 0.15) is 6.61 Å². The highest BCUT2D eigenvalue weighted by molar-refractivity contribution is 7.47. The first-order chi connectivity index (χ1) is 31.8. The summed E-state index contributed by atoms with van der Waals surface area (Å²) in [6.07, 6.45) is 59.4. The van der Waals surface area contributed by atoms with Crippen molar-refractivity contribution in [2.75, 3.05) is 26.4 Å². The van der Waals surface area contributed by atoms with Crippen LogP contribution in [0.25, 0.3) is 0 Å². The fourth-order valence-electron chi connectivity index (χ4n) is 8.20. The van der Waals surface area contributed by atoms with Gasteiger partial charge in [-0.05, 0) is 44.9 Å². The summed E-state index contributed by atoms with van der Waals surface area (Å²) in [6, 6.07) is 0. The van der Waals surface area contributed by atoms with E-state index in [0.29, 0.717) is 6.42 Å². The summed E-state index contributed by atoms with van der Waals surface area (Å²) in [7, 11) is -4.38. The Morgan fingerprint density at radius 2 is 0.800 bits per heavy atom. The molecular formula is C55H106NO8P. The number of carbonyl (C=O) groups is 2. The third kappa shape index (κ3) is 51.7. The van der Waals surface area contributed by atoms with E-state index in [0.717, 1.165) is 44.9 Å². The third-order valence-electron chi connectivity index (χ3n) is 12.3. The average molecular weight is 940 g/mol.